The third-order valence-electron chi connectivity index (χ3n) is 2.51. The monoisotopic (exact) mass is 390 g/mol. The van der Waals surface area contributed by atoms with Crippen molar-refractivity contribution in [2.45, 2.75) is 13.5 Å². The number of amides is 1. The van der Waals surface area contributed by atoms with E-state index < -0.39 is 0 Å². The van der Waals surface area contributed by atoms with Crippen LogP contribution >= 0.6 is 34.2 Å². The van der Waals surface area contributed by atoms with Crippen LogP contribution in [-0.2, 0) is 6.54 Å². The largest absolute Gasteiger partial charge is 0.396 e. The third kappa shape index (κ3) is 3.19. The highest BCUT2D eigenvalue weighted by atomic mass is 127. The van der Waals surface area contributed by atoms with E-state index in [-0.39, 0.29) is 11.6 Å². The molecular formula is C12H12ClIN4O. The summed E-state index contributed by atoms with van der Waals surface area (Å²) in [5.74, 6) is -0.368. The summed E-state index contributed by atoms with van der Waals surface area (Å²) in [6.07, 6.45) is 1.63. The van der Waals surface area contributed by atoms with Gasteiger partial charge in [0, 0.05) is 16.3 Å². The molecule has 7 heteroatoms. The van der Waals surface area contributed by atoms with Crippen LogP contribution in [0.15, 0.2) is 24.4 Å². The second-order valence-electron chi connectivity index (χ2n) is 3.87. The maximum atomic E-state index is 12.1. The van der Waals surface area contributed by atoms with Crippen LogP contribution in [0.1, 0.15) is 17.4 Å². The Morgan fingerprint density at radius 1 is 1.58 bits per heavy atom. The molecule has 0 radical (unpaired) electrons. The number of nitrogen functional groups attached to an aromatic ring is 1. The highest BCUT2D eigenvalue weighted by molar-refractivity contribution is 14.1. The first kappa shape index (κ1) is 14.1. The van der Waals surface area contributed by atoms with Crippen molar-refractivity contribution >= 4 is 51.5 Å². The summed E-state index contributed by atoms with van der Waals surface area (Å²) in [6.45, 7) is 2.58. The average molecular weight is 391 g/mol. The van der Waals surface area contributed by atoms with Crippen molar-refractivity contribution in [3.63, 3.8) is 0 Å². The maximum absolute atomic E-state index is 12.1. The zero-order chi connectivity index (χ0) is 14.0. The van der Waals surface area contributed by atoms with Gasteiger partial charge in [0.05, 0.1) is 16.4 Å². The van der Waals surface area contributed by atoms with Gasteiger partial charge in [0.2, 0.25) is 0 Å². The molecule has 0 saturated carbocycles. The number of carbonyl (C=O) groups excluding carboxylic acids is 1. The number of anilines is 2. The summed E-state index contributed by atoms with van der Waals surface area (Å²) in [5.41, 5.74) is 6.85. The molecule has 100 valence electrons. The lowest BCUT2D eigenvalue weighted by Gasteiger charge is -2.06. The summed E-state index contributed by atoms with van der Waals surface area (Å²) in [4.78, 5) is 12.1. The number of aromatic nitrogens is 2. The van der Waals surface area contributed by atoms with E-state index >= 15 is 0 Å². The second kappa shape index (κ2) is 5.79. The molecule has 0 spiro atoms. The van der Waals surface area contributed by atoms with E-state index in [0.29, 0.717) is 22.9 Å². The average Bonchev–Trinajstić information content (AvgIpc) is 2.74. The number of halogens is 2. The number of aryl methyl sites for hydroxylation is 1. The lowest BCUT2D eigenvalue weighted by molar-refractivity contribution is 0.102. The number of hydrogen-bond acceptors (Lipinski definition) is 3. The van der Waals surface area contributed by atoms with E-state index in [9.17, 15) is 4.79 Å². The van der Waals surface area contributed by atoms with Crippen molar-refractivity contribution in [3.8, 4) is 0 Å². The maximum Gasteiger partial charge on any atom is 0.278 e. The number of hydrogen-bond donors (Lipinski definition) is 2. The van der Waals surface area contributed by atoms with Gasteiger partial charge in [-0.05, 0) is 47.7 Å². The van der Waals surface area contributed by atoms with Gasteiger partial charge in [-0.3, -0.25) is 9.48 Å². The first-order valence-electron chi connectivity index (χ1n) is 5.60. The third-order valence-corrected chi connectivity index (χ3v) is 3.49. The molecule has 0 bridgehead atoms. The molecule has 0 saturated heterocycles. The van der Waals surface area contributed by atoms with Gasteiger partial charge in [-0.25, -0.2) is 0 Å². The molecule has 2 rings (SSSR count). The van der Waals surface area contributed by atoms with Crippen molar-refractivity contribution in [3.05, 3.63) is 38.7 Å². The van der Waals surface area contributed by atoms with Crippen molar-refractivity contribution < 1.29 is 4.79 Å². The van der Waals surface area contributed by atoms with Crippen LogP contribution in [0.25, 0.3) is 0 Å². The molecule has 0 fully saturated rings. The fourth-order valence-corrected chi connectivity index (χ4v) is 2.45. The molecule has 0 unspecified atom stereocenters. The van der Waals surface area contributed by atoms with E-state index in [1.165, 1.54) is 0 Å². The zero-order valence-electron chi connectivity index (χ0n) is 10.2. The lowest BCUT2D eigenvalue weighted by atomic mass is 10.3. The standard InChI is InChI=1S/C12H12ClIN4O/c1-2-18-6-9(15)11(17-18)12(19)16-10-4-3-7(14)5-8(10)13/h3-6H,2,15H2,1H3,(H,16,19). The highest BCUT2D eigenvalue weighted by Crippen LogP contribution is 2.24. The predicted octanol–water partition coefficient (Wildman–Crippen LogP) is 3.00. The lowest BCUT2D eigenvalue weighted by Crippen LogP contribution is -2.15. The number of benzene rings is 1. The molecule has 1 aromatic carbocycles. The molecule has 1 aromatic heterocycles. The molecule has 0 aliphatic heterocycles. The normalized spacial score (nSPS) is 10.5. The van der Waals surface area contributed by atoms with Gasteiger partial charge in [0.1, 0.15) is 0 Å². The zero-order valence-corrected chi connectivity index (χ0v) is 13.1. The van der Waals surface area contributed by atoms with Gasteiger partial charge >= 0.3 is 0 Å². The molecule has 0 atom stereocenters. The topological polar surface area (TPSA) is 72.9 Å². The predicted molar refractivity (Wildman–Crippen MR) is 84.4 cm³/mol. The summed E-state index contributed by atoms with van der Waals surface area (Å²) in [6, 6.07) is 5.37. The molecule has 19 heavy (non-hydrogen) atoms. The van der Waals surface area contributed by atoms with Gasteiger partial charge in [-0.2, -0.15) is 5.10 Å². The molecule has 1 amide bonds. The van der Waals surface area contributed by atoms with Crippen LogP contribution in [0.4, 0.5) is 11.4 Å². The van der Waals surface area contributed by atoms with Crippen LogP contribution < -0.4 is 11.1 Å². The first-order valence-corrected chi connectivity index (χ1v) is 7.06. The van der Waals surface area contributed by atoms with E-state index in [4.69, 9.17) is 17.3 Å². The Balaban J connectivity index is 2.23. The molecule has 0 aliphatic rings. The Morgan fingerprint density at radius 2 is 2.32 bits per heavy atom. The van der Waals surface area contributed by atoms with E-state index in [2.05, 4.69) is 33.0 Å². The highest BCUT2D eigenvalue weighted by Gasteiger charge is 2.15. The SMILES string of the molecule is CCn1cc(N)c(C(=O)Nc2ccc(I)cc2Cl)n1. The Hall–Kier alpha value is -1.28. The van der Waals surface area contributed by atoms with Crippen molar-refractivity contribution in [1.82, 2.24) is 9.78 Å². The Morgan fingerprint density at radius 3 is 2.89 bits per heavy atom. The minimum atomic E-state index is -0.368. The summed E-state index contributed by atoms with van der Waals surface area (Å²) in [5, 5.41) is 7.29. The first-order chi connectivity index (χ1) is 9.01. The van der Waals surface area contributed by atoms with Crippen LogP contribution in [0.2, 0.25) is 5.02 Å². The minimum Gasteiger partial charge on any atom is -0.396 e. The van der Waals surface area contributed by atoms with E-state index in [0.717, 1.165) is 3.57 Å². The van der Waals surface area contributed by atoms with Gasteiger partial charge in [0.15, 0.2) is 5.69 Å². The van der Waals surface area contributed by atoms with Crippen LogP contribution in [0, 0.1) is 3.57 Å². The number of rotatable bonds is 3. The van der Waals surface area contributed by atoms with E-state index in [1.54, 1.807) is 23.0 Å². The summed E-state index contributed by atoms with van der Waals surface area (Å²) >= 11 is 8.21. The Kier molecular flexibility index (Phi) is 4.31. The fraction of sp³-hybridized carbons (Fsp3) is 0.167. The molecule has 3 N–H and O–H groups in total. The summed E-state index contributed by atoms with van der Waals surface area (Å²) < 4.78 is 2.61. The second-order valence-corrected chi connectivity index (χ2v) is 5.52. The van der Waals surface area contributed by atoms with Crippen LogP contribution in [0.5, 0.6) is 0 Å². The number of carbonyl (C=O) groups is 1. The molecule has 1 heterocycles. The molecular weight excluding hydrogens is 379 g/mol. The summed E-state index contributed by atoms with van der Waals surface area (Å²) in [7, 11) is 0. The molecule has 0 aliphatic carbocycles. The number of nitrogens with two attached hydrogens (primary N) is 1. The fourth-order valence-electron chi connectivity index (χ4n) is 1.55. The van der Waals surface area contributed by atoms with Gasteiger partial charge in [0.25, 0.3) is 5.91 Å². The van der Waals surface area contributed by atoms with Crippen molar-refractivity contribution in [2.75, 3.05) is 11.1 Å². The van der Waals surface area contributed by atoms with Crippen molar-refractivity contribution in [2.24, 2.45) is 0 Å². The number of nitrogens with zero attached hydrogens (tertiary/aromatic N) is 2. The van der Waals surface area contributed by atoms with Gasteiger partial charge < -0.3 is 11.1 Å². The van der Waals surface area contributed by atoms with Gasteiger partial charge in [-0.15, -0.1) is 0 Å². The minimum absolute atomic E-state index is 0.205. The smallest absolute Gasteiger partial charge is 0.278 e. The molecule has 5 nitrogen and oxygen atoms in total. The Bertz CT molecular complexity index is 626. The Labute approximate surface area is 129 Å². The quantitative estimate of drug-likeness (QED) is 0.791. The number of nitrogens with one attached hydrogen (secondary N) is 1. The van der Waals surface area contributed by atoms with E-state index in [1.807, 2.05) is 13.0 Å². The van der Waals surface area contributed by atoms with Crippen LogP contribution in [-0.4, -0.2) is 15.7 Å². The van der Waals surface area contributed by atoms with Crippen LogP contribution in [0.3, 0.4) is 0 Å². The van der Waals surface area contributed by atoms with Crippen molar-refractivity contribution in [1.29, 1.82) is 0 Å². The van der Waals surface area contributed by atoms with Gasteiger partial charge in [-0.1, -0.05) is 11.6 Å². The molecule has 2 aromatic rings.